The van der Waals surface area contributed by atoms with Crippen LogP contribution in [0.2, 0.25) is 0 Å². The zero-order valence-corrected chi connectivity index (χ0v) is 16.6. The third-order valence-corrected chi connectivity index (χ3v) is 5.06. The van der Waals surface area contributed by atoms with Crippen LogP contribution in [0.25, 0.3) is 0 Å². The number of carbonyl (C=O) groups excluding carboxylic acids is 2. The van der Waals surface area contributed by atoms with Crippen LogP contribution in [-0.2, 0) is 4.79 Å². The fourth-order valence-corrected chi connectivity index (χ4v) is 3.36. The van der Waals surface area contributed by atoms with Gasteiger partial charge in [-0.05, 0) is 48.9 Å². The number of anilines is 1. The molecule has 0 bridgehead atoms. The third-order valence-electron chi connectivity index (χ3n) is 5.06. The van der Waals surface area contributed by atoms with E-state index in [1.165, 1.54) is 30.3 Å². The summed E-state index contributed by atoms with van der Waals surface area (Å²) in [4.78, 5) is 27.8. The van der Waals surface area contributed by atoms with Crippen molar-refractivity contribution in [3.05, 3.63) is 59.2 Å². The minimum atomic E-state index is -0.424. The van der Waals surface area contributed by atoms with E-state index in [4.69, 9.17) is 4.74 Å². The molecule has 29 heavy (non-hydrogen) atoms. The summed E-state index contributed by atoms with van der Waals surface area (Å²) in [6, 6.07) is 8.50. The Morgan fingerprint density at radius 3 is 2.31 bits per heavy atom. The lowest BCUT2D eigenvalue weighted by Crippen LogP contribution is -2.50. The first-order chi connectivity index (χ1) is 13.9. The van der Waals surface area contributed by atoms with Crippen molar-refractivity contribution in [3.8, 4) is 5.75 Å². The smallest absolute Gasteiger partial charge is 0.260 e. The Morgan fingerprint density at radius 1 is 1.03 bits per heavy atom. The molecule has 1 aliphatic heterocycles. The van der Waals surface area contributed by atoms with Crippen molar-refractivity contribution in [2.24, 2.45) is 0 Å². The largest absolute Gasteiger partial charge is 0.484 e. The van der Waals surface area contributed by atoms with Crippen molar-refractivity contribution in [3.63, 3.8) is 0 Å². The zero-order chi connectivity index (χ0) is 21.0. The molecule has 0 saturated carbocycles. The van der Waals surface area contributed by atoms with E-state index < -0.39 is 5.82 Å². The van der Waals surface area contributed by atoms with E-state index in [0.29, 0.717) is 49.6 Å². The fourth-order valence-electron chi connectivity index (χ4n) is 3.36. The van der Waals surface area contributed by atoms with E-state index in [9.17, 15) is 18.4 Å². The highest BCUT2D eigenvalue weighted by atomic mass is 19.1. The second kappa shape index (κ2) is 9.03. The van der Waals surface area contributed by atoms with Crippen LogP contribution in [0.15, 0.2) is 36.4 Å². The van der Waals surface area contributed by atoms with E-state index in [-0.39, 0.29) is 24.1 Å². The third kappa shape index (κ3) is 4.91. The van der Waals surface area contributed by atoms with Crippen molar-refractivity contribution in [1.29, 1.82) is 0 Å². The van der Waals surface area contributed by atoms with E-state index in [0.717, 1.165) is 5.56 Å². The van der Waals surface area contributed by atoms with Crippen molar-refractivity contribution >= 4 is 17.4 Å². The van der Waals surface area contributed by atoms with Gasteiger partial charge < -0.3 is 14.5 Å². The second-order valence-electron chi connectivity index (χ2n) is 7.01. The summed E-state index contributed by atoms with van der Waals surface area (Å²) in [6.45, 7) is 5.29. The lowest BCUT2D eigenvalue weighted by molar-refractivity contribution is -0.133. The zero-order valence-electron chi connectivity index (χ0n) is 16.6. The Bertz CT molecular complexity index is 892. The van der Waals surface area contributed by atoms with Crippen molar-refractivity contribution in [1.82, 2.24) is 4.90 Å². The Balaban J connectivity index is 1.57. The number of aryl methyl sites for hydroxylation is 1. The van der Waals surface area contributed by atoms with Gasteiger partial charge in [0.05, 0.1) is 5.69 Å². The molecular formula is C22H24F2N2O3. The topological polar surface area (TPSA) is 49.9 Å². The minimum Gasteiger partial charge on any atom is -0.484 e. The Kier molecular flexibility index (Phi) is 6.46. The first kappa shape index (κ1) is 20.8. The molecule has 1 aliphatic rings. The number of ketones is 1. The Hall–Kier alpha value is -2.96. The highest BCUT2D eigenvalue weighted by Gasteiger charge is 2.24. The van der Waals surface area contributed by atoms with Crippen LogP contribution in [0.5, 0.6) is 5.75 Å². The van der Waals surface area contributed by atoms with Gasteiger partial charge in [-0.3, -0.25) is 9.59 Å². The van der Waals surface area contributed by atoms with Gasteiger partial charge in [0.25, 0.3) is 5.91 Å². The van der Waals surface area contributed by atoms with Crippen molar-refractivity contribution in [2.45, 2.75) is 20.3 Å². The van der Waals surface area contributed by atoms with Crippen LogP contribution in [0.4, 0.5) is 14.5 Å². The first-order valence-electron chi connectivity index (χ1n) is 9.63. The summed E-state index contributed by atoms with van der Waals surface area (Å²) in [5, 5.41) is 0. The summed E-state index contributed by atoms with van der Waals surface area (Å²) < 4.78 is 32.9. The van der Waals surface area contributed by atoms with Crippen LogP contribution < -0.4 is 9.64 Å². The van der Waals surface area contributed by atoms with Crippen LogP contribution in [0.3, 0.4) is 0 Å². The van der Waals surface area contributed by atoms with Gasteiger partial charge in [0, 0.05) is 38.2 Å². The number of amides is 1. The van der Waals surface area contributed by atoms with E-state index in [1.54, 1.807) is 24.8 Å². The maximum atomic E-state index is 14.6. The Morgan fingerprint density at radius 2 is 1.69 bits per heavy atom. The highest BCUT2D eigenvalue weighted by molar-refractivity contribution is 5.97. The van der Waals surface area contributed by atoms with Crippen LogP contribution in [0, 0.1) is 18.6 Å². The summed E-state index contributed by atoms with van der Waals surface area (Å²) in [5.74, 6) is -0.613. The number of piperazine rings is 1. The number of nitrogens with zero attached hydrogens (tertiary/aromatic N) is 2. The number of benzene rings is 2. The van der Waals surface area contributed by atoms with Crippen molar-refractivity contribution < 1.29 is 23.1 Å². The minimum absolute atomic E-state index is 0.0791. The summed E-state index contributed by atoms with van der Waals surface area (Å²) in [6.07, 6.45) is 0.334. The maximum Gasteiger partial charge on any atom is 0.260 e. The number of hydrogen-bond acceptors (Lipinski definition) is 4. The van der Waals surface area contributed by atoms with E-state index in [2.05, 4.69) is 0 Å². The molecule has 154 valence electrons. The van der Waals surface area contributed by atoms with Gasteiger partial charge in [0.2, 0.25) is 0 Å². The molecule has 3 rings (SSSR count). The molecule has 0 aliphatic carbocycles. The molecule has 1 amide bonds. The van der Waals surface area contributed by atoms with E-state index in [1.807, 2.05) is 4.90 Å². The van der Waals surface area contributed by atoms with Gasteiger partial charge in [-0.25, -0.2) is 8.78 Å². The molecule has 0 aromatic heterocycles. The quantitative estimate of drug-likeness (QED) is 0.693. The Labute approximate surface area is 168 Å². The van der Waals surface area contributed by atoms with E-state index >= 15 is 0 Å². The van der Waals surface area contributed by atoms with Gasteiger partial charge in [0.1, 0.15) is 17.4 Å². The van der Waals surface area contributed by atoms with Gasteiger partial charge >= 0.3 is 0 Å². The average molecular weight is 402 g/mol. The molecule has 1 heterocycles. The second-order valence-corrected chi connectivity index (χ2v) is 7.01. The normalized spacial score (nSPS) is 14.1. The molecule has 5 nitrogen and oxygen atoms in total. The molecule has 0 radical (unpaired) electrons. The van der Waals surface area contributed by atoms with Crippen LogP contribution >= 0.6 is 0 Å². The predicted octanol–water partition coefficient (Wildman–Crippen LogP) is 3.59. The number of halogens is 2. The molecule has 1 saturated heterocycles. The molecule has 0 unspecified atom stereocenters. The molecule has 2 aromatic carbocycles. The SMILES string of the molecule is CCC(=O)c1cc(F)c(N2CCN(C(=O)COc3ccc(F)cc3)CC2)cc1C. The number of ether oxygens (including phenoxy) is 1. The van der Waals surface area contributed by atoms with Gasteiger partial charge in [-0.2, -0.15) is 0 Å². The summed E-state index contributed by atoms with van der Waals surface area (Å²) >= 11 is 0. The molecule has 0 N–H and O–H groups in total. The van der Waals surface area contributed by atoms with Crippen LogP contribution in [-0.4, -0.2) is 49.4 Å². The first-order valence-corrected chi connectivity index (χ1v) is 9.63. The predicted molar refractivity (Wildman–Crippen MR) is 106 cm³/mol. The molecular weight excluding hydrogens is 378 g/mol. The van der Waals surface area contributed by atoms with Gasteiger partial charge in [-0.1, -0.05) is 6.92 Å². The molecule has 0 spiro atoms. The fraction of sp³-hybridized carbons (Fsp3) is 0.364. The van der Waals surface area contributed by atoms with Crippen molar-refractivity contribution in [2.75, 3.05) is 37.7 Å². The standard InChI is InChI=1S/C22H24F2N2O3/c1-3-21(27)18-13-19(24)20(12-15(18)2)25-8-10-26(11-9-25)22(28)14-29-17-6-4-16(23)5-7-17/h4-7,12-13H,3,8-11,14H2,1-2H3. The number of rotatable bonds is 6. The van der Waals surface area contributed by atoms with Crippen LogP contribution in [0.1, 0.15) is 29.3 Å². The molecule has 2 aromatic rings. The van der Waals surface area contributed by atoms with Gasteiger partial charge in [0.15, 0.2) is 12.4 Å². The lowest BCUT2D eigenvalue weighted by atomic mass is 10.0. The maximum absolute atomic E-state index is 14.6. The number of carbonyl (C=O) groups is 2. The summed E-state index contributed by atoms with van der Waals surface area (Å²) in [5.41, 5.74) is 1.62. The average Bonchev–Trinajstić information content (AvgIpc) is 2.74. The molecule has 0 atom stereocenters. The number of hydrogen-bond donors (Lipinski definition) is 0. The van der Waals surface area contributed by atoms with Gasteiger partial charge in [-0.15, -0.1) is 0 Å². The summed E-state index contributed by atoms with van der Waals surface area (Å²) in [7, 11) is 0. The lowest BCUT2D eigenvalue weighted by Gasteiger charge is -2.36. The molecule has 1 fully saturated rings. The highest BCUT2D eigenvalue weighted by Crippen LogP contribution is 2.25. The monoisotopic (exact) mass is 402 g/mol. The molecule has 7 heteroatoms. The number of Topliss-reactive ketones (excluding diaryl/α,β-unsaturated/α-hetero) is 1.